The summed E-state index contributed by atoms with van der Waals surface area (Å²) in [7, 11) is 1.02. The van der Waals surface area contributed by atoms with Crippen molar-refractivity contribution < 1.29 is 32.2 Å². The first-order chi connectivity index (χ1) is 7.87. The van der Waals surface area contributed by atoms with Gasteiger partial charge in [0.05, 0.1) is 7.11 Å². The van der Waals surface area contributed by atoms with Crippen LogP contribution in [-0.4, -0.2) is 25.7 Å². The largest absolute Gasteiger partial charge is 0.573 e. The molecule has 1 aromatic carbocycles. The number of benzene rings is 1. The summed E-state index contributed by atoms with van der Waals surface area (Å²) in [6.07, 6.45) is -4.62. The van der Waals surface area contributed by atoms with Crippen molar-refractivity contribution in [2.75, 3.05) is 7.11 Å². The number of carbonyl (C=O) groups excluding carboxylic acids is 2. The first kappa shape index (κ1) is 13.0. The summed E-state index contributed by atoms with van der Waals surface area (Å²) in [5, 5.41) is 0. The van der Waals surface area contributed by atoms with Gasteiger partial charge in [0.25, 0.3) is 0 Å². The van der Waals surface area contributed by atoms with Gasteiger partial charge in [0.1, 0.15) is 17.6 Å². The Morgan fingerprint density at radius 2 is 2.00 bits per heavy atom. The van der Waals surface area contributed by atoms with Gasteiger partial charge in [0, 0.05) is 5.56 Å². The quantitative estimate of drug-likeness (QED) is 0.607. The van der Waals surface area contributed by atoms with Crippen LogP contribution in [0, 0.1) is 0 Å². The lowest BCUT2D eigenvalue weighted by Crippen LogP contribution is -2.19. The summed E-state index contributed by atoms with van der Waals surface area (Å²) in [5.41, 5.74) is -0.452. The number of alkyl halides is 3. The van der Waals surface area contributed by atoms with Gasteiger partial charge in [-0.15, -0.1) is 13.2 Å². The average molecular weight is 248 g/mol. The molecule has 0 unspecified atom stereocenters. The van der Waals surface area contributed by atoms with E-state index in [9.17, 15) is 22.8 Å². The van der Waals surface area contributed by atoms with E-state index in [4.69, 9.17) is 0 Å². The molecule has 92 valence electrons. The van der Waals surface area contributed by atoms with E-state index in [1.165, 1.54) is 6.07 Å². The Morgan fingerprint density at radius 1 is 1.35 bits per heavy atom. The second-order valence-corrected chi connectivity index (χ2v) is 2.91. The highest BCUT2D eigenvalue weighted by Gasteiger charge is 2.33. The minimum absolute atomic E-state index is 0.0445. The van der Waals surface area contributed by atoms with Crippen LogP contribution in [0.5, 0.6) is 5.75 Å². The van der Waals surface area contributed by atoms with Gasteiger partial charge in [0.2, 0.25) is 0 Å². The zero-order valence-corrected chi connectivity index (χ0v) is 8.58. The lowest BCUT2D eigenvalue weighted by molar-refractivity contribution is -0.274. The average Bonchev–Trinajstić information content (AvgIpc) is 2.25. The Bertz CT molecular complexity index is 440. The number of hydrogen-bond acceptors (Lipinski definition) is 4. The van der Waals surface area contributed by atoms with E-state index in [1.54, 1.807) is 0 Å². The second-order valence-electron chi connectivity index (χ2n) is 2.91. The number of ether oxygens (including phenoxy) is 2. The summed E-state index contributed by atoms with van der Waals surface area (Å²) in [6.45, 7) is 0. The molecule has 0 N–H and O–H groups in total. The van der Waals surface area contributed by atoms with Crippen molar-refractivity contribution in [3.05, 3.63) is 29.3 Å². The van der Waals surface area contributed by atoms with Gasteiger partial charge >= 0.3 is 12.3 Å². The Labute approximate surface area is 93.9 Å². The lowest BCUT2D eigenvalue weighted by atomic mass is 10.1. The van der Waals surface area contributed by atoms with Crippen LogP contribution in [0.1, 0.15) is 20.7 Å². The molecule has 0 amide bonds. The molecule has 7 heteroatoms. The summed E-state index contributed by atoms with van der Waals surface area (Å²) in [5.74, 6) is -1.75. The van der Waals surface area contributed by atoms with Gasteiger partial charge in [0.15, 0.2) is 0 Å². The zero-order valence-electron chi connectivity index (χ0n) is 8.58. The number of hydrogen-bond donors (Lipinski definition) is 0. The normalized spacial score (nSPS) is 10.8. The minimum atomic E-state index is -4.95. The van der Waals surface area contributed by atoms with E-state index < -0.39 is 23.6 Å². The molecule has 0 aliphatic heterocycles. The van der Waals surface area contributed by atoms with Crippen LogP contribution in [0.2, 0.25) is 0 Å². The second kappa shape index (κ2) is 4.86. The predicted molar refractivity (Wildman–Crippen MR) is 49.9 cm³/mol. The summed E-state index contributed by atoms with van der Waals surface area (Å²) in [4.78, 5) is 21.6. The molecule has 0 atom stereocenters. The number of esters is 1. The molecule has 0 aliphatic carbocycles. The highest BCUT2D eigenvalue weighted by Crippen LogP contribution is 2.27. The number of halogens is 3. The van der Waals surface area contributed by atoms with Crippen LogP contribution < -0.4 is 4.74 Å². The van der Waals surface area contributed by atoms with Crippen molar-refractivity contribution in [3.63, 3.8) is 0 Å². The van der Waals surface area contributed by atoms with Crippen molar-refractivity contribution in [1.29, 1.82) is 0 Å². The Morgan fingerprint density at radius 3 is 2.47 bits per heavy atom. The van der Waals surface area contributed by atoms with Crippen LogP contribution in [0.3, 0.4) is 0 Å². The van der Waals surface area contributed by atoms with Gasteiger partial charge in [-0.05, 0) is 12.1 Å². The molecule has 17 heavy (non-hydrogen) atoms. The van der Waals surface area contributed by atoms with Crippen molar-refractivity contribution in [2.24, 2.45) is 0 Å². The third-order valence-electron chi connectivity index (χ3n) is 1.77. The summed E-state index contributed by atoms with van der Waals surface area (Å²) >= 11 is 0. The first-order valence-corrected chi connectivity index (χ1v) is 4.30. The molecule has 1 aromatic rings. The third kappa shape index (κ3) is 3.47. The first-order valence-electron chi connectivity index (χ1n) is 4.30. The highest BCUT2D eigenvalue weighted by atomic mass is 19.4. The Kier molecular flexibility index (Phi) is 3.72. The highest BCUT2D eigenvalue weighted by molar-refractivity contribution is 5.93. The molecule has 1 rings (SSSR count). The van der Waals surface area contributed by atoms with Crippen LogP contribution in [0.25, 0.3) is 0 Å². The smallest absolute Gasteiger partial charge is 0.465 e. The fourth-order valence-corrected chi connectivity index (χ4v) is 1.10. The fraction of sp³-hybridized carbons (Fsp3) is 0.200. The fourth-order valence-electron chi connectivity index (χ4n) is 1.10. The predicted octanol–water partition coefficient (Wildman–Crippen LogP) is 2.18. The van der Waals surface area contributed by atoms with E-state index >= 15 is 0 Å². The Balaban J connectivity index is 3.20. The van der Waals surface area contributed by atoms with Crippen LogP contribution >= 0.6 is 0 Å². The number of aldehydes is 1. The van der Waals surface area contributed by atoms with Gasteiger partial charge in [-0.3, -0.25) is 4.79 Å². The van der Waals surface area contributed by atoms with Crippen LogP contribution in [-0.2, 0) is 4.74 Å². The molecular weight excluding hydrogens is 241 g/mol. The third-order valence-corrected chi connectivity index (χ3v) is 1.77. The number of methoxy groups -OCH3 is 1. The SMILES string of the molecule is COC(=O)c1ccc(C=O)cc1OC(F)(F)F. The van der Waals surface area contributed by atoms with Crippen molar-refractivity contribution in [2.45, 2.75) is 6.36 Å². The van der Waals surface area contributed by atoms with E-state index in [2.05, 4.69) is 9.47 Å². The van der Waals surface area contributed by atoms with E-state index in [-0.39, 0.29) is 5.56 Å². The molecule has 0 aromatic heterocycles. The van der Waals surface area contributed by atoms with Crippen molar-refractivity contribution in [3.8, 4) is 5.75 Å². The molecule has 0 radical (unpaired) electrons. The maximum absolute atomic E-state index is 12.1. The topological polar surface area (TPSA) is 52.6 Å². The van der Waals surface area contributed by atoms with Gasteiger partial charge in [-0.2, -0.15) is 0 Å². The van der Waals surface area contributed by atoms with E-state index in [0.29, 0.717) is 6.29 Å². The lowest BCUT2D eigenvalue weighted by Gasteiger charge is -2.12. The maximum atomic E-state index is 12.1. The van der Waals surface area contributed by atoms with Gasteiger partial charge in [-0.25, -0.2) is 4.79 Å². The molecule has 4 nitrogen and oxygen atoms in total. The molecule has 0 saturated carbocycles. The summed E-state index contributed by atoms with van der Waals surface area (Å²) < 4.78 is 44.1. The maximum Gasteiger partial charge on any atom is 0.573 e. The molecule has 0 saturated heterocycles. The van der Waals surface area contributed by atoms with Crippen LogP contribution in [0.15, 0.2) is 18.2 Å². The molecule has 0 spiro atoms. The monoisotopic (exact) mass is 248 g/mol. The van der Waals surface area contributed by atoms with Gasteiger partial charge in [-0.1, -0.05) is 6.07 Å². The number of rotatable bonds is 3. The van der Waals surface area contributed by atoms with E-state index in [0.717, 1.165) is 19.2 Å². The van der Waals surface area contributed by atoms with Crippen LogP contribution in [0.4, 0.5) is 13.2 Å². The molecular formula is C10H7F3O4. The number of carbonyl (C=O) groups is 2. The van der Waals surface area contributed by atoms with E-state index in [1.807, 2.05) is 0 Å². The standard InChI is InChI=1S/C10H7F3O4/c1-16-9(15)7-3-2-6(5-14)4-8(7)17-10(11,12)13/h2-5H,1H3. The zero-order chi connectivity index (χ0) is 13.1. The summed E-state index contributed by atoms with van der Waals surface area (Å²) in [6, 6.07) is 3.02. The molecule has 0 aliphatic rings. The van der Waals surface area contributed by atoms with Gasteiger partial charge < -0.3 is 9.47 Å². The van der Waals surface area contributed by atoms with Crippen molar-refractivity contribution in [1.82, 2.24) is 0 Å². The molecule has 0 bridgehead atoms. The minimum Gasteiger partial charge on any atom is -0.465 e. The molecule has 0 fully saturated rings. The van der Waals surface area contributed by atoms with Crippen molar-refractivity contribution >= 4 is 12.3 Å². The molecule has 0 heterocycles. The Hall–Kier alpha value is -2.05.